The number of ether oxygens (including phenoxy) is 1. The number of sulfonamides is 1. The van der Waals surface area contributed by atoms with Gasteiger partial charge in [-0.25, -0.2) is 8.42 Å². The predicted octanol–water partition coefficient (Wildman–Crippen LogP) is 4.47. The molecule has 0 atom stereocenters. The van der Waals surface area contributed by atoms with E-state index in [1.54, 1.807) is 50.2 Å². The Morgan fingerprint density at radius 2 is 1.54 bits per heavy atom. The zero-order chi connectivity index (χ0) is 25.3. The summed E-state index contributed by atoms with van der Waals surface area (Å²) < 4.78 is 32.5. The Morgan fingerprint density at radius 3 is 2.20 bits per heavy atom. The average Bonchev–Trinajstić information content (AvgIpc) is 2.86. The molecule has 0 fully saturated rings. The summed E-state index contributed by atoms with van der Waals surface area (Å²) in [6.45, 7) is 4.81. The molecule has 0 aliphatic heterocycles. The van der Waals surface area contributed by atoms with Gasteiger partial charge < -0.3 is 10.1 Å². The van der Waals surface area contributed by atoms with Gasteiger partial charge in [-0.1, -0.05) is 56.3 Å². The first kappa shape index (κ1) is 26.3. The normalized spacial score (nSPS) is 11.2. The van der Waals surface area contributed by atoms with Crippen LogP contribution in [0.5, 0.6) is 5.75 Å². The molecular weight excluding hydrogens is 482 g/mol. The number of benzene rings is 3. The number of rotatable bonds is 10. The van der Waals surface area contributed by atoms with Gasteiger partial charge in [0.1, 0.15) is 5.75 Å². The molecule has 0 saturated heterocycles. The highest BCUT2D eigenvalue weighted by Crippen LogP contribution is 2.20. The maximum absolute atomic E-state index is 12.8. The Morgan fingerprint density at radius 1 is 0.914 bits per heavy atom. The van der Waals surface area contributed by atoms with Crippen molar-refractivity contribution in [2.45, 2.75) is 25.2 Å². The standard InChI is InChI=1S/C26H29N3O4S2/c1-3-29(4-2)35(31,32)22-16-14-21(15-17-22)27-26(34)28-25(30)23-12-8-9-13-24(23)33-19-18-20-10-6-5-7-11-20/h5-17H,3-4,18-19H2,1-2H3,(H2,27,28,30,34). The van der Waals surface area contributed by atoms with Crippen LogP contribution in [0.1, 0.15) is 29.8 Å². The summed E-state index contributed by atoms with van der Waals surface area (Å²) in [5, 5.41) is 5.65. The van der Waals surface area contributed by atoms with Crippen LogP contribution in [0.25, 0.3) is 0 Å². The molecule has 0 unspecified atom stereocenters. The van der Waals surface area contributed by atoms with Gasteiger partial charge in [-0.05, 0) is 54.2 Å². The second-order valence-electron chi connectivity index (χ2n) is 7.60. The maximum Gasteiger partial charge on any atom is 0.261 e. The first-order valence-corrected chi connectivity index (χ1v) is 13.2. The molecule has 0 radical (unpaired) electrons. The Hall–Kier alpha value is -3.27. The second-order valence-corrected chi connectivity index (χ2v) is 9.95. The van der Waals surface area contributed by atoms with Gasteiger partial charge >= 0.3 is 0 Å². The average molecular weight is 512 g/mol. The number of hydrogen-bond acceptors (Lipinski definition) is 5. The van der Waals surface area contributed by atoms with Crippen molar-refractivity contribution in [1.29, 1.82) is 0 Å². The van der Waals surface area contributed by atoms with Gasteiger partial charge in [0.15, 0.2) is 5.11 Å². The van der Waals surface area contributed by atoms with Crippen molar-refractivity contribution in [2.75, 3.05) is 25.0 Å². The summed E-state index contributed by atoms with van der Waals surface area (Å²) >= 11 is 5.28. The van der Waals surface area contributed by atoms with E-state index in [0.717, 1.165) is 12.0 Å². The van der Waals surface area contributed by atoms with E-state index in [2.05, 4.69) is 10.6 Å². The van der Waals surface area contributed by atoms with E-state index in [4.69, 9.17) is 17.0 Å². The molecule has 3 rings (SSSR count). The molecule has 0 aliphatic rings. The topological polar surface area (TPSA) is 87.7 Å². The van der Waals surface area contributed by atoms with E-state index in [0.29, 0.717) is 36.7 Å². The third-order valence-electron chi connectivity index (χ3n) is 5.31. The van der Waals surface area contributed by atoms with E-state index in [1.807, 2.05) is 30.3 Å². The smallest absolute Gasteiger partial charge is 0.261 e. The maximum atomic E-state index is 12.8. The van der Waals surface area contributed by atoms with E-state index >= 15 is 0 Å². The number of thiocarbonyl (C=S) groups is 1. The first-order chi connectivity index (χ1) is 16.8. The number of para-hydroxylation sites is 1. The molecule has 1 amide bonds. The van der Waals surface area contributed by atoms with Gasteiger partial charge in [-0.15, -0.1) is 0 Å². The lowest BCUT2D eigenvalue weighted by atomic mass is 10.1. The summed E-state index contributed by atoms with van der Waals surface area (Å²) in [7, 11) is -3.54. The Bertz CT molecular complexity index is 1240. The largest absolute Gasteiger partial charge is 0.492 e. The zero-order valence-electron chi connectivity index (χ0n) is 19.7. The van der Waals surface area contributed by atoms with Crippen molar-refractivity contribution >= 4 is 38.9 Å². The fraction of sp³-hybridized carbons (Fsp3) is 0.231. The molecule has 35 heavy (non-hydrogen) atoms. The number of carbonyl (C=O) groups is 1. The SMILES string of the molecule is CCN(CC)S(=O)(=O)c1ccc(NC(=S)NC(=O)c2ccccc2OCCc2ccccc2)cc1. The molecule has 0 saturated carbocycles. The minimum atomic E-state index is -3.54. The minimum absolute atomic E-state index is 0.0911. The fourth-order valence-electron chi connectivity index (χ4n) is 3.46. The van der Waals surface area contributed by atoms with Crippen LogP contribution in [0.2, 0.25) is 0 Å². The summed E-state index contributed by atoms with van der Waals surface area (Å²) in [4.78, 5) is 13.0. The molecular formula is C26H29N3O4S2. The highest BCUT2D eigenvalue weighted by molar-refractivity contribution is 7.89. The molecule has 0 heterocycles. The lowest BCUT2D eigenvalue weighted by Gasteiger charge is -2.18. The van der Waals surface area contributed by atoms with Gasteiger partial charge in [0.05, 0.1) is 17.1 Å². The van der Waals surface area contributed by atoms with Crippen molar-refractivity contribution in [3.05, 3.63) is 90.0 Å². The molecule has 184 valence electrons. The third kappa shape index (κ3) is 7.11. The lowest BCUT2D eigenvalue weighted by molar-refractivity contribution is 0.0974. The summed E-state index contributed by atoms with van der Waals surface area (Å²) in [5.74, 6) is 0.0632. The molecule has 2 N–H and O–H groups in total. The Kier molecular flexibility index (Phi) is 9.36. The molecule has 0 spiro atoms. The lowest BCUT2D eigenvalue weighted by Crippen LogP contribution is -2.34. The third-order valence-corrected chi connectivity index (χ3v) is 7.57. The Balaban J connectivity index is 1.59. The van der Waals surface area contributed by atoms with Crippen molar-refractivity contribution in [2.24, 2.45) is 0 Å². The number of carbonyl (C=O) groups excluding carboxylic acids is 1. The molecule has 0 bridgehead atoms. The van der Waals surface area contributed by atoms with Gasteiger partial charge in [0.25, 0.3) is 5.91 Å². The van der Waals surface area contributed by atoms with E-state index < -0.39 is 15.9 Å². The van der Waals surface area contributed by atoms with Crippen LogP contribution < -0.4 is 15.4 Å². The van der Waals surface area contributed by atoms with Crippen LogP contribution in [0.3, 0.4) is 0 Å². The highest BCUT2D eigenvalue weighted by Gasteiger charge is 2.21. The van der Waals surface area contributed by atoms with Gasteiger partial charge in [0.2, 0.25) is 10.0 Å². The van der Waals surface area contributed by atoms with Crippen molar-refractivity contribution in [3.63, 3.8) is 0 Å². The first-order valence-electron chi connectivity index (χ1n) is 11.3. The molecule has 3 aromatic rings. The van der Waals surface area contributed by atoms with Gasteiger partial charge in [0, 0.05) is 25.2 Å². The van der Waals surface area contributed by atoms with Crippen LogP contribution in [-0.4, -0.2) is 43.4 Å². The van der Waals surface area contributed by atoms with Gasteiger partial charge in [-0.2, -0.15) is 4.31 Å². The highest BCUT2D eigenvalue weighted by atomic mass is 32.2. The van der Waals surface area contributed by atoms with Crippen molar-refractivity contribution in [1.82, 2.24) is 9.62 Å². The molecule has 7 nitrogen and oxygen atoms in total. The molecule has 3 aromatic carbocycles. The van der Waals surface area contributed by atoms with Crippen LogP contribution >= 0.6 is 12.2 Å². The minimum Gasteiger partial charge on any atom is -0.492 e. The predicted molar refractivity (Wildman–Crippen MR) is 142 cm³/mol. The summed E-state index contributed by atoms with van der Waals surface area (Å²) in [5.41, 5.74) is 2.07. The van der Waals surface area contributed by atoms with Crippen LogP contribution in [-0.2, 0) is 16.4 Å². The van der Waals surface area contributed by atoms with Crippen molar-refractivity contribution < 1.29 is 17.9 Å². The number of hydrogen-bond donors (Lipinski definition) is 2. The zero-order valence-corrected chi connectivity index (χ0v) is 21.4. The quantitative estimate of drug-likeness (QED) is 0.391. The van der Waals surface area contributed by atoms with Crippen LogP contribution in [0.4, 0.5) is 5.69 Å². The van der Waals surface area contributed by atoms with Crippen LogP contribution in [0.15, 0.2) is 83.8 Å². The molecule has 0 aliphatic carbocycles. The summed E-state index contributed by atoms with van der Waals surface area (Å²) in [6, 6.07) is 23.2. The number of nitrogens with zero attached hydrogens (tertiary/aromatic N) is 1. The van der Waals surface area contributed by atoms with Crippen molar-refractivity contribution in [3.8, 4) is 5.75 Å². The van der Waals surface area contributed by atoms with Crippen LogP contribution in [0, 0.1) is 0 Å². The Labute approximate surface area is 212 Å². The van der Waals surface area contributed by atoms with E-state index in [9.17, 15) is 13.2 Å². The number of anilines is 1. The van der Waals surface area contributed by atoms with E-state index in [1.165, 1.54) is 16.4 Å². The second kappa shape index (κ2) is 12.4. The monoisotopic (exact) mass is 511 g/mol. The number of nitrogens with one attached hydrogen (secondary N) is 2. The van der Waals surface area contributed by atoms with Gasteiger partial charge in [-0.3, -0.25) is 10.1 Å². The molecule has 0 aromatic heterocycles. The molecule has 9 heteroatoms. The number of amides is 1. The fourth-order valence-corrected chi connectivity index (χ4v) is 5.13. The summed E-state index contributed by atoms with van der Waals surface area (Å²) in [6.07, 6.45) is 0.719. The van der Waals surface area contributed by atoms with E-state index in [-0.39, 0.29) is 10.0 Å².